The minimum Gasteiger partial charge on any atom is -0.463 e. The number of ether oxygens (including phenoxy) is 1. The summed E-state index contributed by atoms with van der Waals surface area (Å²) in [6.07, 6.45) is 1.39. The summed E-state index contributed by atoms with van der Waals surface area (Å²) in [7, 11) is 0. The number of aryl methyl sites for hydroxylation is 1. The van der Waals surface area contributed by atoms with Gasteiger partial charge in [-0.2, -0.15) is 0 Å². The van der Waals surface area contributed by atoms with Crippen LogP contribution in [0.25, 0.3) is 6.08 Å². The summed E-state index contributed by atoms with van der Waals surface area (Å²) in [5.41, 5.74) is -0.154. The zero-order valence-corrected chi connectivity index (χ0v) is 9.92. The SMILES string of the molecule is CCOC(=O)C(C)=Cc1c(C)[nH]c(=O)[nH]c1=O. The molecule has 0 aliphatic rings. The van der Waals surface area contributed by atoms with Gasteiger partial charge in [0.1, 0.15) is 0 Å². The van der Waals surface area contributed by atoms with E-state index < -0.39 is 17.2 Å². The molecular formula is C11H14N2O4. The molecule has 17 heavy (non-hydrogen) atoms. The molecule has 1 aromatic heterocycles. The minimum absolute atomic E-state index is 0.246. The molecule has 0 bridgehead atoms. The predicted molar refractivity (Wildman–Crippen MR) is 62.7 cm³/mol. The maximum Gasteiger partial charge on any atom is 0.333 e. The Labute approximate surface area is 97.3 Å². The molecule has 1 rings (SSSR count). The van der Waals surface area contributed by atoms with Crippen LogP contribution in [0.2, 0.25) is 0 Å². The monoisotopic (exact) mass is 238 g/mol. The van der Waals surface area contributed by atoms with Gasteiger partial charge in [-0.15, -0.1) is 0 Å². The number of H-pyrrole nitrogens is 2. The number of carbonyl (C=O) groups is 1. The second-order valence-electron chi connectivity index (χ2n) is 3.49. The van der Waals surface area contributed by atoms with Gasteiger partial charge in [-0.1, -0.05) is 0 Å². The first-order valence-electron chi connectivity index (χ1n) is 5.14. The number of rotatable bonds is 3. The fraction of sp³-hybridized carbons (Fsp3) is 0.364. The van der Waals surface area contributed by atoms with Gasteiger partial charge in [-0.3, -0.25) is 9.78 Å². The third-order valence-electron chi connectivity index (χ3n) is 2.13. The molecule has 0 spiro atoms. The highest BCUT2D eigenvalue weighted by atomic mass is 16.5. The number of hydrogen-bond donors (Lipinski definition) is 2. The van der Waals surface area contributed by atoms with Crippen molar-refractivity contribution < 1.29 is 9.53 Å². The van der Waals surface area contributed by atoms with Crippen LogP contribution in [0.15, 0.2) is 15.2 Å². The maximum absolute atomic E-state index is 11.5. The highest BCUT2D eigenvalue weighted by Crippen LogP contribution is 2.05. The molecular weight excluding hydrogens is 224 g/mol. The van der Waals surface area contributed by atoms with Gasteiger partial charge in [0.2, 0.25) is 0 Å². The quantitative estimate of drug-likeness (QED) is 0.586. The summed E-state index contributed by atoms with van der Waals surface area (Å²) in [4.78, 5) is 38.4. The zero-order valence-electron chi connectivity index (χ0n) is 9.92. The van der Waals surface area contributed by atoms with Crippen LogP contribution in [0.1, 0.15) is 25.1 Å². The summed E-state index contributed by atoms with van der Waals surface area (Å²) in [6, 6.07) is 0. The maximum atomic E-state index is 11.5. The van der Waals surface area contributed by atoms with Crippen LogP contribution in [0.4, 0.5) is 0 Å². The first-order valence-corrected chi connectivity index (χ1v) is 5.14. The Balaban J connectivity index is 3.19. The molecule has 1 aromatic rings. The van der Waals surface area contributed by atoms with E-state index in [9.17, 15) is 14.4 Å². The van der Waals surface area contributed by atoms with Crippen LogP contribution in [0, 0.1) is 6.92 Å². The Hall–Kier alpha value is -2.11. The van der Waals surface area contributed by atoms with Crippen molar-refractivity contribution in [2.24, 2.45) is 0 Å². The van der Waals surface area contributed by atoms with Crippen molar-refractivity contribution in [1.29, 1.82) is 0 Å². The van der Waals surface area contributed by atoms with Crippen LogP contribution >= 0.6 is 0 Å². The van der Waals surface area contributed by atoms with E-state index in [4.69, 9.17) is 4.74 Å². The van der Waals surface area contributed by atoms with Gasteiger partial charge in [0.15, 0.2) is 0 Å². The Bertz CT molecular complexity index is 566. The van der Waals surface area contributed by atoms with E-state index >= 15 is 0 Å². The van der Waals surface area contributed by atoms with Crippen molar-refractivity contribution >= 4 is 12.0 Å². The van der Waals surface area contributed by atoms with Gasteiger partial charge in [-0.05, 0) is 26.8 Å². The summed E-state index contributed by atoms with van der Waals surface area (Å²) in [5, 5.41) is 0. The number of aromatic nitrogens is 2. The third kappa shape index (κ3) is 3.17. The third-order valence-corrected chi connectivity index (χ3v) is 2.13. The molecule has 2 N–H and O–H groups in total. The Morgan fingerprint density at radius 3 is 2.53 bits per heavy atom. The summed E-state index contributed by atoms with van der Waals surface area (Å²) < 4.78 is 4.79. The van der Waals surface area contributed by atoms with Gasteiger partial charge in [0, 0.05) is 11.3 Å². The Morgan fingerprint density at radius 1 is 1.35 bits per heavy atom. The standard InChI is InChI=1S/C11H14N2O4/c1-4-17-10(15)6(2)5-8-7(3)12-11(16)13-9(8)14/h5H,4H2,1-3H3,(H2,12,13,14,16). The van der Waals surface area contributed by atoms with Crippen LogP contribution in [0.5, 0.6) is 0 Å². The largest absolute Gasteiger partial charge is 0.463 e. The lowest BCUT2D eigenvalue weighted by atomic mass is 10.1. The molecule has 0 aliphatic heterocycles. The molecule has 0 atom stereocenters. The van der Waals surface area contributed by atoms with Crippen LogP contribution in [0.3, 0.4) is 0 Å². The van der Waals surface area contributed by atoms with Gasteiger partial charge >= 0.3 is 11.7 Å². The van der Waals surface area contributed by atoms with Crippen LogP contribution in [-0.4, -0.2) is 22.5 Å². The molecule has 0 aromatic carbocycles. The number of esters is 1. The van der Waals surface area contributed by atoms with E-state index in [1.807, 2.05) is 0 Å². The van der Waals surface area contributed by atoms with E-state index in [0.717, 1.165) is 0 Å². The van der Waals surface area contributed by atoms with E-state index in [1.54, 1.807) is 20.8 Å². The van der Waals surface area contributed by atoms with E-state index in [0.29, 0.717) is 11.3 Å². The van der Waals surface area contributed by atoms with Crippen molar-refractivity contribution in [2.45, 2.75) is 20.8 Å². The topological polar surface area (TPSA) is 92.0 Å². The smallest absolute Gasteiger partial charge is 0.333 e. The van der Waals surface area contributed by atoms with E-state index in [-0.39, 0.29) is 12.2 Å². The summed E-state index contributed by atoms with van der Waals surface area (Å²) in [5.74, 6) is -0.488. The van der Waals surface area contributed by atoms with Crippen molar-refractivity contribution in [2.75, 3.05) is 6.61 Å². The molecule has 92 valence electrons. The van der Waals surface area contributed by atoms with Gasteiger partial charge in [0.05, 0.1) is 12.2 Å². The Kier molecular flexibility index (Phi) is 4.03. The molecule has 0 saturated carbocycles. The fourth-order valence-electron chi connectivity index (χ4n) is 1.30. The summed E-state index contributed by atoms with van der Waals surface area (Å²) >= 11 is 0. The van der Waals surface area contributed by atoms with Crippen molar-refractivity contribution in [3.63, 3.8) is 0 Å². The highest BCUT2D eigenvalue weighted by molar-refractivity contribution is 5.93. The van der Waals surface area contributed by atoms with Gasteiger partial charge < -0.3 is 9.72 Å². The van der Waals surface area contributed by atoms with Crippen LogP contribution < -0.4 is 11.2 Å². The minimum atomic E-state index is -0.571. The molecule has 0 amide bonds. The van der Waals surface area contributed by atoms with Gasteiger partial charge in [0.25, 0.3) is 5.56 Å². The van der Waals surface area contributed by atoms with Crippen molar-refractivity contribution in [3.8, 4) is 0 Å². The number of carbonyl (C=O) groups excluding carboxylic acids is 1. The fourth-order valence-corrected chi connectivity index (χ4v) is 1.30. The molecule has 0 aliphatic carbocycles. The highest BCUT2D eigenvalue weighted by Gasteiger charge is 2.08. The van der Waals surface area contributed by atoms with Crippen LogP contribution in [-0.2, 0) is 9.53 Å². The number of nitrogens with one attached hydrogen (secondary N) is 2. The van der Waals surface area contributed by atoms with E-state index in [2.05, 4.69) is 9.97 Å². The van der Waals surface area contributed by atoms with Gasteiger partial charge in [-0.25, -0.2) is 9.59 Å². The Morgan fingerprint density at radius 2 is 2.00 bits per heavy atom. The zero-order chi connectivity index (χ0) is 13.0. The van der Waals surface area contributed by atoms with Crippen molar-refractivity contribution in [3.05, 3.63) is 37.7 Å². The first kappa shape index (κ1) is 13.0. The molecule has 6 heteroatoms. The molecule has 0 radical (unpaired) electrons. The van der Waals surface area contributed by atoms with E-state index in [1.165, 1.54) is 6.08 Å². The lowest BCUT2D eigenvalue weighted by Crippen LogP contribution is -2.25. The lowest BCUT2D eigenvalue weighted by Gasteiger charge is -2.02. The second-order valence-corrected chi connectivity index (χ2v) is 3.49. The molecule has 6 nitrogen and oxygen atoms in total. The predicted octanol–water partition coefficient (Wildman–Crippen LogP) is 0.338. The molecule has 1 heterocycles. The number of hydrogen-bond acceptors (Lipinski definition) is 4. The molecule has 0 fully saturated rings. The first-order chi connectivity index (χ1) is 7.95. The average Bonchev–Trinajstić information content (AvgIpc) is 2.23. The average molecular weight is 238 g/mol. The second kappa shape index (κ2) is 5.29. The van der Waals surface area contributed by atoms with Crippen molar-refractivity contribution in [1.82, 2.24) is 9.97 Å². The number of aromatic amines is 2. The normalized spacial score (nSPS) is 11.4. The molecule has 0 unspecified atom stereocenters. The lowest BCUT2D eigenvalue weighted by molar-refractivity contribution is -0.138. The molecule has 0 saturated heterocycles. The summed E-state index contributed by atoms with van der Waals surface area (Å²) in [6.45, 7) is 5.09.